The highest BCUT2D eigenvalue weighted by molar-refractivity contribution is 6.21. The average molecular weight is 229 g/mol. The van der Waals surface area contributed by atoms with Crippen LogP contribution in [0, 0.1) is 5.92 Å². The Morgan fingerprint density at radius 3 is 1.94 bits per heavy atom. The van der Waals surface area contributed by atoms with E-state index in [1.807, 2.05) is 13.8 Å². The van der Waals surface area contributed by atoms with Crippen LogP contribution in [0.1, 0.15) is 34.6 Å². The molecule has 0 aliphatic carbocycles. The summed E-state index contributed by atoms with van der Waals surface area (Å²) in [5.74, 6) is -0.275. The zero-order valence-corrected chi connectivity index (χ0v) is 10.0. The first-order valence-electron chi connectivity index (χ1n) is 5.67. The summed E-state index contributed by atoms with van der Waals surface area (Å²) in [6.07, 6.45) is 1.66. The standard InChI is InChI=1S/C14H15NO2/c1-4-12(9(2)3)15-13(16)10-7-5-6-8-11(10)14(15)17/h4-9,12H,1H2,2-3H3/t12-/m0/s1. The molecule has 0 fully saturated rings. The number of imide groups is 1. The second kappa shape index (κ2) is 4.17. The third kappa shape index (κ3) is 1.68. The van der Waals surface area contributed by atoms with Crippen LogP contribution in [0.4, 0.5) is 0 Å². The maximum atomic E-state index is 12.2. The molecule has 3 heteroatoms. The number of carbonyl (C=O) groups is 2. The van der Waals surface area contributed by atoms with E-state index in [1.54, 1.807) is 30.3 Å². The summed E-state index contributed by atoms with van der Waals surface area (Å²) in [7, 11) is 0. The third-order valence-electron chi connectivity index (χ3n) is 3.05. The minimum absolute atomic E-state index is 0.162. The molecule has 2 rings (SSSR count). The van der Waals surface area contributed by atoms with Gasteiger partial charge in [-0.25, -0.2) is 0 Å². The van der Waals surface area contributed by atoms with Crippen molar-refractivity contribution in [2.75, 3.05) is 0 Å². The van der Waals surface area contributed by atoms with E-state index in [2.05, 4.69) is 6.58 Å². The van der Waals surface area contributed by atoms with Crippen LogP contribution in [-0.2, 0) is 0 Å². The average Bonchev–Trinajstić information content (AvgIpc) is 2.56. The number of amides is 2. The molecule has 2 amide bonds. The second-order valence-electron chi connectivity index (χ2n) is 4.50. The monoisotopic (exact) mass is 229 g/mol. The van der Waals surface area contributed by atoms with Crippen LogP contribution < -0.4 is 0 Å². The van der Waals surface area contributed by atoms with Gasteiger partial charge >= 0.3 is 0 Å². The van der Waals surface area contributed by atoms with E-state index in [4.69, 9.17) is 0 Å². The van der Waals surface area contributed by atoms with Gasteiger partial charge in [-0.3, -0.25) is 14.5 Å². The molecular weight excluding hydrogens is 214 g/mol. The molecule has 1 aromatic rings. The highest BCUT2D eigenvalue weighted by atomic mass is 16.2. The normalized spacial score (nSPS) is 16.3. The van der Waals surface area contributed by atoms with E-state index in [9.17, 15) is 9.59 Å². The summed E-state index contributed by atoms with van der Waals surface area (Å²) in [5, 5.41) is 0. The van der Waals surface area contributed by atoms with Gasteiger partial charge < -0.3 is 0 Å². The van der Waals surface area contributed by atoms with Crippen LogP contribution in [0.2, 0.25) is 0 Å². The maximum absolute atomic E-state index is 12.2. The van der Waals surface area contributed by atoms with Gasteiger partial charge in [0.05, 0.1) is 17.2 Å². The van der Waals surface area contributed by atoms with Crippen LogP contribution in [0.15, 0.2) is 36.9 Å². The van der Waals surface area contributed by atoms with E-state index in [1.165, 1.54) is 4.90 Å². The smallest absolute Gasteiger partial charge is 0.262 e. The summed E-state index contributed by atoms with van der Waals surface area (Å²) in [5.41, 5.74) is 0.981. The predicted molar refractivity (Wildman–Crippen MR) is 65.8 cm³/mol. The Bertz CT molecular complexity index is 456. The SMILES string of the molecule is C=C[C@@H](C(C)C)N1C(=O)c2ccccc2C1=O. The first-order valence-corrected chi connectivity index (χ1v) is 5.67. The van der Waals surface area contributed by atoms with Crippen LogP contribution in [0.25, 0.3) is 0 Å². The molecule has 0 saturated carbocycles. The zero-order chi connectivity index (χ0) is 12.6. The molecule has 0 bridgehead atoms. The fourth-order valence-electron chi connectivity index (χ4n) is 2.15. The Kier molecular flexibility index (Phi) is 2.84. The highest BCUT2D eigenvalue weighted by Gasteiger charge is 2.39. The van der Waals surface area contributed by atoms with Crippen molar-refractivity contribution in [3.8, 4) is 0 Å². The number of hydrogen-bond donors (Lipinski definition) is 0. The van der Waals surface area contributed by atoms with Gasteiger partial charge in [0, 0.05) is 0 Å². The number of nitrogens with zero attached hydrogens (tertiary/aromatic N) is 1. The van der Waals surface area contributed by atoms with Gasteiger partial charge in [-0.2, -0.15) is 0 Å². The van der Waals surface area contributed by atoms with Crippen LogP contribution >= 0.6 is 0 Å². The molecule has 0 radical (unpaired) electrons. The molecule has 88 valence electrons. The van der Waals surface area contributed by atoms with E-state index in [0.29, 0.717) is 11.1 Å². The molecule has 1 heterocycles. The minimum Gasteiger partial charge on any atom is -0.269 e. The Balaban J connectivity index is 2.45. The van der Waals surface area contributed by atoms with Gasteiger partial charge in [-0.15, -0.1) is 6.58 Å². The van der Waals surface area contributed by atoms with Crippen LogP contribution in [0.3, 0.4) is 0 Å². The van der Waals surface area contributed by atoms with Crippen LogP contribution in [-0.4, -0.2) is 22.8 Å². The van der Waals surface area contributed by atoms with Gasteiger partial charge in [-0.1, -0.05) is 32.1 Å². The lowest BCUT2D eigenvalue weighted by Crippen LogP contribution is -2.41. The predicted octanol–water partition coefficient (Wildman–Crippen LogP) is 2.49. The van der Waals surface area contributed by atoms with Crippen molar-refractivity contribution in [1.29, 1.82) is 0 Å². The quantitative estimate of drug-likeness (QED) is 0.590. The Labute approximate surface area is 101 Å². The Morgan fingerprint density at radius 1 is 1.12 bits per heavy atom. The third-order valence-corrected chi connectivity index (χ3v) is 3.05. The number of carbonyl (C=O) groups excluding carboxylic acids is 2. The first-order chi connectivity index (χ1) is 8.07. The molecule has 17 heavy (non-hydrogen) atoms. The van der Waals surface area contributed by atoms with E-state index in [0.717, 1.165) is 0 Å². The highest BCUT2D eigenvalue weighted by Crippen LogP contribution is 2.27. The van der Waals surface area contributed by atoms with E-state index < -0.39 is 0 Å². The molecule has 0 spiro atoms. The number of rotatable bonds is 3. The van der Waals surface area contributed by atoms with Gasteiger partial charge in [0.15, 0.2) is 0 Å². The topological polar surface area (TPSA) is 37.4 Å². The fourth-order valence-corrected chi connectivity index (χ4v) is 2.15. The van der Waals surface area contributed by atoms with Crippen molar-refractivity contribution in [2.24, 2.45) is 5.92 Å². The van der Waals surface area contributed by atoms with Crippen molar-refractivity contribution in [3.05, 3.63) is 48.0 Å². The lowest BCUT2D eigenvalue weighted by Gasteiger charge is -2.26. The zero-order valence-electron chi connectivity index (χ0n) is 10.0. The molecule has 1 atom stereocenters. The minimum atomic E-state index is -0.248. The fraction of sp³-hybridized carbons (Fsp3) is 0.286. The van der Waals surface area contributed by atoms with Crippen molar-refractivity contribution in [1.82, 2.24) is 4.90 Å². The summed E-state index contributed by atoms with van der Waals surface area (Å²) in [4.78, 5) is 25.6. The van der Waals surface area contributed by atoms with Gasteiger partial charge in [0.1, 0.15) is 0 Å². The molecular formula is C14H15NO2. The van der Waals surface area contributed by atoms with E-state index >= 15 is 0 Å². The summed E-state index contributed by atoms with van der Waals surface area (Å²) >= 11 is 0. The van der Waals surface area contributed by atoms with Crippen molar-refractivity contribution in [3.63, 3.8) is 0 Å². The molecule has 0 saturated heterocycles. The first kappa shape index (κ1) is 11.6. The van der Waals surface area contributed by atoms with Gasteiger partial charge in [0.25, 0.3) is 11.8 Å². The van der Waals surface area contributed by atoms with Crippen LogP contribution in [0.5, 0.6) is 0 Å². The van der Waals surface area contributed by atoms with Crippen molar-refractivity contribution in [2.45, 2.75) is 19.9 Å². The molecule has 0 N–H and O–H groups in total. The van der Waals surface area contributed by atoms with Crippen molar-refractivity contribution >= 4 is 11.8 Å². The number of benzene rings is 1. The lowest BCUT2D eigenvalue weighted by molar-refractivity contribution is 0.0583. The molecule has 1 aliphatic heterocycles. The maximum Gasteiger partial charge on any atom is 0.262 e. The summed E-state index contributed by atoms with van der Waals surface area (Å²) < 4.78 is 0. The molecule has 3 nitrogen and oxygen atoms in total. The second-order valence-corrected chi connectivity index (χ2v) is 4.50. The Morgan fingerprint density at radius 2 is 1.59 bits per heavy atom. The van der Waals surface area contributed by atoms with Gasteiger partial charge in [-0.05, 0) is 18.1 Å². The molecule has 1 aromatic carbocycles. The Hall–Kier alpha value is -1.90. The largest absolute Gasteiger partial charge is 0.269 e. The van der Waals surface area contributed by atoms with E-state index in [-0.39, 0.29) is 23.8 Å². The molecule has 0 unspecified atom stereocenters. The lowest BCUT2D eigenvalue weighted by atomic mass is 10.0. The number of fused-ring (bicyclic) bond motifs is 1. The molecule has 0 aromatic heterocycles. The summed E-state index contributed by atoms with van der Waals surface area (Å²) in [6.45, 7) is 7.65. The summed E-state index contributed by atoms with van der Waals surface area (Å²) in [6, 6.07) is 6.67. The number of hydrogen-bond acceptors (Lipinski definition) is 2. The molecule has 1 aliphatic rings. The van der Waals surface area contributed by atoms with Gasteiger partial charge in [0.2, 0.25) is 0 Å². The van der Waals surface area contributed by atoms with Crippen molar-refractivity contribution < 1.29 is 9.59 Å².